The molecule has 90 valence electrons. The van der Waals surface area contributed by atoms with E-state index < -0.39 is 0 Å². The van der Waals surface area contributed by atoms with E-state index >= 15 is 0 Å². The van der Waals surface area contributed by atoms with Crippen molar-refractivity contribution >= 4 is 6.29 Å². The van der Waals surface area contributed by atoms with E-state index in [1.807, 2.05) is 13.0 Å². The van der Waals surface area contributed by atoms with Crippen molar-refractivity contribution in [1.82, 2.24) is 0 Å². The van der Waals surface area contributed by atoms with Crippen LogP contribution in [0.4, 0.5) is 0 Å². The van der Waals surface area contributed by atoms with Gasteiger partial charge in [0.15, 0.2) is 0 Å². The Morgan fingerprint density at radius 1 is 0.938 bits per heavy atom. The summed E-state index contributed by atoms with van der Waals surface area (Å²) in [7, 11) is 0. The second kappa shape index (κ2) is 9.14. The molecule has 0 aliphatic rings. The molecule has 0 spiro atoms. The Morgan fingerprint density at radius 2 is 1.50 bits per heavy atom. The van der Waals surface area contributed by atoms with Crippen LogP contribution in [0.5, 0.6) is 0 Å². The average molecular weight is 220 g/mol. The van der Waals surface area contributed by atoms with Crippen LogP contribution < -0.4 is 0 Å². The maximum atomic E-state index is 10.4. The van der Waals surface area contributed by atoms with E-state index in [1.54, 1.807) is 0 Å². The smallest absolute Gasteiger partial charge is 0.145 e. The Hall–Kier alpha value is -1.11. The minimum atomic E-state index is 0.831. The highest BCUT2D eigenvalue weighted by Crippen LogP contribution is 2.10. The normalized spacial score (nSPS) is 14.1. The molecule has 0 fully saturated rings. The van der Waals surface area contributed by atoms with Gasteiger partial charge < -0.3 is 0 Å². The van der Waals surface area contributed by atoms with Crippen LogP contribution in [-0.4, -0.2) is 6.29 Å². The molecule has 0 bridgehead atoms. The molecule has 0 aromatic rings. The Kier molecular flexibility index (Phi) is 8.51. The van der Waals surface area contributed by atoms with Crippen LogP contribution in [0.2, 0.25) is 0 Å². The lowest BCUT2D eigenvalue weighted by molar-refractivity contribution is -0.104. The van der Waals surface area contributed by atoms with Crippen LogP contribution in [0, 0.1) is 0 Å². The number of carbonyl (C=O) groups is 1. The lowest BCUT2D eigenvalue weighted by Crippen LogP contribution is -1.81. The van der Waals surface area contributed by atoms with Crippen LogP contribution in [0.1, 0.15) is 53.4 Å². The fourth-order valence-electron chi connectivity index (χ4n) is 1.37. The van der Waals surface area contributed by atoms with Gasteiger partial charge in [-0.1, -0.05) is 29.4 Å². The van der Waals surface area contributed by atoms with E-state index in [4.69, 9.17) is 0 Å². The third kappa shape index (κ3) is 8.22. The van der Waals surface area contributed by atoms with E-state index in [0.29, 0.717) is 0 Å². The minimum absolute atomic E-state index is 0.831. The van der Waals surface area contributed by atoms with Crippen molar-refractivity contribution in [3.05, 3.63) is 34.9 Å². The predicted octanol–water partition coefficient (Wildman–Crippen LogP) is 4.60. The summed E-state index contributed by atoms with van der Waals surface area (Å²) in [5.41, 5.74) is 3.69. The van der Waals surface area contributed by atoms with Gasteiger partial charge in [-0.2, -0.15) is 0 Å². The van der Waals surface area contributed by atoms with Crippen LogP contribution in [0.15, 0.2) is 34.9 Å². The number of allylic oxidation sites excluding steroid dienone is 6. The summed E-state index contributed by atoms with van der Waals surface area (Å²) in [6.07, 6.45) is 11.7. The van der Waals surface area contributed by atoms with Gasteiger partial charge in [0.2, 0.25) is 0 Å². The van der Waals surface area contributed by atoms with Crippen molar-refractivity contribution in [3.63, 3.8) is 0 Å². The first kappa shape index (κ1) is 14.9. The molecule has 0 unspecified atom stereocenters. The molecular formula is C15H24O. The molecule has 0 amide bonds. The Balaban J connectivity index is 3.84. The largest absolute Gasteiger partial charge is 0.298 e. The van der Waals surface area contributed by atoms with Gasteiger partial charge in [-0.25, -0.2) is 0 Å². The molecule has 0 aliphatic carbocycles. The summed E-state index contributed by atoms with van der Waals surface area (Å²) in [4.78, 5) is 10.4. The fourth-order valence-corrected chi connectivity index (χ4v) is 1.37. The zero-order valence-corrected chi connectivity index (χ0v) is 11.0. The number of rotatable bonds is 7. The van der Waals surface area contributed by atoms with Gasteiger partial charge in [-0.3, -0.25) is 4.79 Å². The van der Waals surface area contributed by atoms with Gasteiger partial charge in [0, 0.05) is 0 Å². The van der Waals surface area contributed by atoms with E-state index in [-0.39, 0.29) is 0 Å². The second-order valence-corrected chi connectivity index (χ2v) is 4.33. The molecule has 0 rings (SSSR count). The fraction of sp³-hybridized carbons (Fsp3) is 0.533. The molecule has 0 aliphatic heterocycles. The Morgan fingerprint density at radius 3 is 2.06 bits per heavy atom. The van der Waals surface area contributed by atoms with Crippen molar-refractivity contribution in [2.75, 3.05) is 0 Å². The molecular weight excluding hydrogens is 196 g/mol. The van der Waals surface area contributed by atoms with Crippen LogP contribution in [0.25, 0.3) is 0 Å². The van der Waals surface area contributed by atoms with Crippen molar-refractivity contribution in [3.8, 4) is 0 Å². The van der Waals surface area contributed by atoms with Crippen LogP contribution in [0.3, 0.4) is 0 Å². The molecule has 0 aromatic carbocycles. The first-order valence-corrected chi connectivity index (χ1v) is 5.99. The summed E-state index contributed by atoms with van der Waals surface area (Å²) in [5, 5.41) is 0. The molecule has 0 radical (unpaired) electrons. The highest BCUT2D eigenvalue weighted by molar-refractivity contribution is 5.71. The van der Waals surface area contributed by atoms with Gasteiger partial charge in [-0.05, 0) is 59.0 Å². The number of hydrogen-bond donors (Lipinski definition) is 0. The summed E-state index contributed by atoms with van der Waals surface area (Å²) in [6, 6.07) is 0. The number of aldehydes is 1. The molecule has 16 heavy (non-hydrogen) atoms. The predicted molar refractivity (Wildman–Crippen MR) is 71.5 cm³/mol. The third-order valence-corrected chi connectivity index (χ3v) is 2.72. The monoisotopic (exact) mass is 220 g/mol. The maximum Gasteiger partial charge on any atom is 0.145 e. The SMILES string of the molecule is C/C=C(\C)CC/C=C(\C)CC/C=C(\C)C=O. The third-order valence-electron chi connectivity index (χ3n) is 2.72. The van der Waals surface area contributed by atoms with Gasteiger partial charge in [0.25, 0.3) is 0 Å². The van der Waals surface area contributed by atoms with Crippen LogP contribution in [-0.2, 0) is 4.79 Å². The molecule has 0 aromatic heterocycles. The topological polar surface area (TPSA) is 17.1 Å². The summed E-state index contributed by atoms with van der Waals surface area (Å²) in [5.74, 6) is 0. The molecule has 0 heterocycles. The molecule has 1 heteroatoms. The number of hydrogen-bond acceptors (Lipinski definition) is 1. The van der Waals surface area contributed by atoms with E-state index in [9.17, 15) is 4.79 Å². The maximum absolute atomic E-state index is 10.4. The lowest BCUT2D eigenvalue weighted by atomic mass is 10.1. The molecule has 0 atom stereocenters. The zero-order valence-electron chi connectivity index (χ0n) is 11.0. The Bertz CT molecular complexity index is 293. The first-order valence-electron chi connectivity index (χ1n) is 5.99. The minimum Gasteiger partial charge on any atom is -0.298 e. The van der Waals surface area contributed by atoms with Crippen molar-refractivity contribution < 1.29 is 4.79 Å². The molecule has 0 N–H and O–H groups in total. The van der Waals surface area contributed by atoms with Crippen LogP contribution >= 0.6 is 0 Å². The molecule has 1 nitrogen and oxygen atoms in total. The summed E-state index contributed by atoms with van der Waals surface area (Å²) >= 11 is 0. The van der Waals surface area contributed by atoms with Crippen molar-refractivity contribution in [2.24, 2.45) is 0 Å². The van der Waals surface area contributed by atoms with Crippen molar-refractivity contribution in [2.45, 2.75) is 53.4 Å². The highest BCUT2D eigenvalue weighted by Gasteiger charge is 1.91. The van der Waals surface area contributed by atoms with Gasteiger partial charge >= 0.3 is 0 Å². The quantitative estimate of drug-likeness (QED) is 0.348. The van der Waals surface area contributed by atoms with Gasteiger partial charge in [0.05, 0.1) is 0 Å². The zero-order chi connectivity index (χ0) is 12.4. The average Bonchev–Trinajstić information content (AvgIpc) is 2.28. The first-order chi connectivity index (χ1) is 7.60. The lowest BCUT2D eigenvalue weighted by Gasteiger charge is -2.00. The Labute approximate surface area is 99.9 Å². The van der Waals surface area contributed by atoms with Crippen molar-refractivity contribution in [1.29, 1.82) is 0 Å². The standard InChI is InChI=1S/C15H24O/c1-5-13(2)8-6-9-14(3)10-7-11-15(4)12-16/h5,9,11-12H,6-8,10H2,1-4H3/b13-5+,14-9+,15-11+. The van der Waals surface area contributed by atoms with E-state index in [1.165, 1.54) is 11.1 Å². The number of carbonyl (C=O) groups excluding carboxylic acids is 1. The van der Waals surface area contributed by atoms with E-state index in [0.717, 1.165) is 37.5 Å². The van der Waals surface area contributed by atoms with E-state index in [2.05, 4.69) is 32.9 Å². The highest BCUT2D eigenvalue weighted by atomic mass is 16.1. The molecule has 0 saturated heterocycles. The molecule has 0 saturated carbocycles. The second-order valence-electron chi connectivity index (χ2n) is 4.33. The summed E-state index contributed by atoms with van der Waals surface area (Å²) in [6.45, 7) is 8.26. The van der Waals surface area contributed by atoms with Gasteiger partial charge in [0.1, 0.15) is 6.29 Å². The van der Waals surface area contributed by atoms with Gasteiger partial charge in [-0.15, -0.1) is 0 Å². The summed E-state index contributed by atoms with van der Waals surface area (Å²) < 4.78 is 0.